The van der Waals surface area contributed by atoms with Crippen molar-refractivity contribution in [1.29, 1.82) is 0 Å². The van der Waals surface area contributed by atoms with Crippen molar-refractivity contribution in [2.75, 3.05) is 39.3 Å². The van der Waals surface area contributed by atoms with Crippen LogP contribution in [-0.4, -0.2) is 54.2 Å². The lowest BCUT2D eigenvalue weighted by Gasteiger charge is -2.27. The van der Waals surface area contributed by atoms with Crippen LogP contribution in [0, 0.1) is 0 Å². The molecule has 4 nitrogen and oxygen atoms in total. The second kappa shape index (κ2) is 12.6. The first-order valence-electron chi connectivity index (χ1n) is 10.3. The number of aliphatic hydroxyl groups is 1. The third-order valence-corrected chi connectivity index (χ3v) is 5.89. The number of benzene rings is 2. The van der Waals surface area contributed by atoms with E-state index in [0.717, 1.165) is 48.3 Å². The molecule has 160 valence electrons. The van der Waals surface area contributed by atoms with Gasteiger partial charge in [-0.3, -0.25) is 4.90 Å². The summed E-state index contributed by atoms with van der Waals surface area (Å²) >= 11 is 9.47. The highest BCUT2D eigenvalue weighted by Gasteiger charge is 2.18. The van der Waals surface area contributed by atoms with Crippen LogP contribution < -0.4 is 4.74 Å². The van der Waals surface area contributed by atoms with Gasteiger partial charge in [-0.25, -0.2) is 0 Å². The van der Waals surface area contributed by atoms with Gasteiger partial charge >= 0.3 is 0 Å². The first-order chi connectivity index (χ1) is 14.0. The zero-order valence-corrected chi connectivity index (χ0v) is 19.9. The van der Waals surface area contributed by atoms with E-state index in [2.05, 4.69) is 46.5 Å². The summed E-state index contributed by atoms with van der Waals surface area (Å²) in [5, 5.41) is 11.7. The Morgan fingerprint density at radius 1 is 0.966 bits per heavy atom. The molecule has 1 unspecified atom stereocenters. The molecule has 0 amide bonds. The zero-order valence-electron chi connectivity index (χ0n) is 17.6. The van der Waals surface area contributed by atoms with Crippen LogP contribution in [0.25, 0.3) is 0 Å². The molecule has 0 heterocycles. The quantitative estimate of drug-likeness (QED) is 0.440. The smallest absolute Gasteiger partial charge is 0.125 e. The minimum Gasteiger partial charge on any atom is -0.489 e. The van der Waals surface area contributed by atoms with Gasteiger partial charge in [0.25, 0.3) is 0 Å². The fourth-order valence-corrected chi connectivity index (χ4v) is 3.70. The van der Waals surface area contributed by atoms with Crippen LogP contribution in [0.4, 0.5) is 0 Å². The summed E-state index contributed by atoms with van der Waals surface area (Å²) < 4.78 is 6.96. The molecule has 0 aromatic heterocycles. The van der Waals surface area contributed by atoms with E-state index in [0.29, 0.717) is 23.9 Å². The van der Waals surface area contributed by atoms with Crippen LogP contribution in [0.1, 0.15) is 38.0 Å². The lowest BCUT2D eigenvalue weighted by atomic mass is 10.1. The van der Waals surface area contributed by atoms with Crippen molar-refractivity contribution < 1.29 is 9.84 Å². The highest BCUT2D eigenvalue weighted by atomic mass is 79.9. The maximum absolute atomic E-state index is 11.0. The minimum absolute atomic E-state index is 0.429. The average Bonchev–Trinajstić information content (AvgIpc) is 2.73. The van der Waals surface area contributed by atoms with Crippen molar-refractivity contribution in [2.24, 2.45) is 0 Å². The largest absolute Gasteiger partial charge is 0.489 e. The fraction of sp³-hybridized carbons (Fsp3) is 0.478. The third kappa shape index (κ3) is 7.91. The van der Waals surface area contributed by atoms with E-state index in [-0.39, 0.29) is 0 Å². The van der Waals surface area contributed by atoms with Crippen LogP contribution in [-0.2, 0) is 6.61 Å². The summed E-state index contributed by atoms with van der Waals surface area (Å²) in [5.41, 5.74) is 1.83. The number of rotatable bonds is 12. The van der Waals surface area contributed by atoms with Crippen LogP contribution in [0.3, 0.4) is 0 Å². The SMILES string of the molecule is CCN(CC)CCN(CC)CC(O)c1cc(Br)ccc1OCc1ccc(Cl)cc1. The lowest BCUT2D eigenvalue weighted by Crippen LogP contribution is -2.37. The Hall–Kier alpha value is -1.11. The van der Waals surface area contributed by atoms with E-state index in [9.17, 15) is 5.11 Å². The Balaban J connectivity index is 2.04. The molecule has 1 atom stereocenters. The summed E-state index contributed by atoms with van der Waals surface area (Å²) in [6, 6.07) is 13.4. The molecule has 1 N–H and O–H groups in total. The van der Waals surface area contributed by atoms with Crippen molar-refractivity contribution in [2.45, 2.75) is 33.5 Å². The maximum Gasteiger partial charge on any atom is 0.125 e. The molecule has 0 aliphatic heterocycles. The first-order valence-corrected chi connectivity index (χ1v) is 11.4. The molecule has 0 saturated heterocycles. The molecule has 29 heavy (non-hydrogen) atoms. The highest BCUT2D eigenvalue weighted by Crippen LogP contribution is 2.30. The monoisotopic (exact) mass is 482 g/mol. The van der Waals surface area contributed by atoms with E-state index in [1.54, 1.807) is 0 Å². The van der Waals surface area contributed by atoms with Gasteiger partial charge in [-0.15, -0.1) is 0 Å². The van der Waals surface area contributed by atoms with Gasteiger partial charge in [0.15, 0.2) is 0 Å². The molecule has 2 aromatic rings. The number of ether oxygens (including phenoxy) is 1. The van der Waals surface area contributed by atoms with Crippen LogP contribution in [0.15, 0.2) is 46.9 Å². The Kier molecular flexibility index (Phi) is 10.5. The molecular weight excluding hydrogens is 452 g/mol. The Labute approximate surface area is 188 Å². The van der Waals surface area contributed by atoms with Crippen molar-refractivity contribution in [3.05, 3.63) is 63.1 Å². The molecule has 0 aliphatic carbocycles. The van der Waals surface area contributed by atoms with Crippen molar-refractivity contribution in [1.82, 2.24) is 9.80 Å². The normalized spacial score (nSPS) is 12.6. The number of hydrogen-bond donors (Lipinski definition) is 1. The van der Waals surface area contributed by atoms with Crippen LogP contribution in [0.5, 0.6) is 5.75 Å². The van der Waals surface area contributed by atoms with E-state index in [1.807, 2.05) is 42.5 Å². The maximum atomic E-state index is 11.0. The molecule has 0 saturated carbocycles. The second-order valence-corrected chi connectivity index (χ2v) is 8.39. The van der Waals surface area contributed by atoms with Crippen LogP contribution >= 0.6 is 27.5 Å². The minimum atomic E-state index is -0.621. The third-order valence-electron chi connectivity index (χ3n) is 5.14. The molecular formula is C23H32BrClN2O2. The summed E-state index contributed by atoms with van der Waals surface area (Å²) in [4.78, 5) is 4.68. The number of halogens is 2. The van der Waals surface area contributed by atoms with E-state index >= 15 is 0 Å². The van der Waals surface area contributed by atoms with Gasteiger partial charge in [-0.05, 0) is 55.5 Å². The molecule has 2 aromatic carbocycles. The fourth-order valence-electron chi connectivity index (χ4n) is 3.20. The van der Waals surface area contributed by atoms with Crippen molar-refractivity contribution in [3.63, 3.8) is 0 Å². The van der Waals surface area contributed by atoms with E-state index < -0.39 is 6.10 Å². The van der Waals surface area contributed by atoms with Gasteiger partial charge < -0.3 is 14.7 Å². The molecule has 0 radical (unpaired) electrons. The Morgan fingerprint density at radius 3 is 2.21 bits per heavy atom. The van der Waals surface area contributed by atoms with Crippen molar-refractivity contribution in [3.8, 4) is 5.75 Å². The van der Waals surface area contributed by atoms with Gasteiger partial charge in [-0.2, -0.15) is 0 Å². The Bertz CT molecular complexity index is 738. The van der Waals surface area contributed by atoms with Gasteiger partial charge in [0.05, 0.1) is 6.10 Å². The van der Waals surface area contributed by atoms with Crippen LogP contribution in [0.2, 0.25) is 5.02 Å². The average molecular weight is 484 g/mol. The number of likely N-dealkylation sites (N-methyl/N-ethyl adjacent to an activating group) is 2. The summed E-state index contributed by atoms with van der Waals surface area (Å²) in [5.74, 6) is 0.704. The summed E-state index contributed by atoms with van der Waals surface area (Å²) in [6.07, 6.45) is -0.621. The van der Waals surface area contributed by atoms with E-state index in [1.165, 1.54) is 0 Å². The van der Waals surface area contributed by atoms with Gasteiger partial charge in [0, 0.05) is 34.7 Å². The molecule has 2 rings (SSSR count). The molecule has 0 aliphatic rings. The number of aliphatic hydroxyl groups excluding tert-OH is 1. The molecule has 0 spiro atoms. The molecule has 0 fully saturated rings. The first kappa shape index (κ1) is 24.2. The van der Waals surface area contributed by atoms with Crippen molar-refractivity contribution >= 4 is 27.5 Å². The zero-order chi connectivity index (χ0) is 21.2. The lowest BCUT2D eigenvalue weighted by molar-refractivity contribution is 0.105. The molecule has 0 bridgehead atoms. The van der Waals surface area contributed by atoms with Gasteiger partial charge in [0.2, 0.25) is 0 Å². The summed E-state index contributed by atoms with van der Waals surface area (Å²) in [7, 11) is 0. The van der Waals surface area contributed by atoms with E-state index in [4.69, 9.17) is 16.3 Å². The Morgan fingerprint density at radius 2 is 1.59 bits per heavy atom. The standard InChI is InChI=1S/C23H32BrClN2O2/c1-4-26(5-2)13-14-27(6-3)16-22(28)21-15-19(24)9-12-23(21)29-17-18-7-10-20(25)11-8-18/h7-12,15,22,28H,4-6,13-14,16-17H2,1-3H3. The van der Waals surface area contributed by atoms with Gasteiger partial charge in [0.1, 0.15) is 12.4 Å². The predicted molar refractivity (Wildman–Crippen MR) is 125 cm³/mol. The highest BCUT2D eigenvalue weighted by molar-refractivity contribution is 9.10. The number of nitrogens with zero attached hydrogens (tertiary/aromatic N) is 2. The second-order valence-electron chi connectivity index (χ2n) is 7.03. The van der Waals surface area contributed by atoms with Gasteiger partial charge in [-0.1, -0.05) is 60.4 Å². The predicted octanol–water partition coefficient (Wildman–Crippen LogP) is 5.38. The topological polar surface area (TPSA) is 35.9 Å². The molecule has 6 heteroatoms. The number of hydrogen-bond acceptors (Lipinski definition) is 4. The summed E-state index contributed by atoms with van der Waals surface area (Å²) in [6.45, 7) is 12.4.